The topological polar surface area (TPSA) is 47.9 Å². The van der Waals surface area contributed by atoms with Crippen molar-refractivity contribution >= 4 is 0 Å². The molecule has 1 aromatic rings. The molecule has 0 saturated heterocycles. The summed E-state index contributed by atoms with van der Waals surface area (Å²) >= 11 is 0. The third-order valence-electron chi connectivity index (χ3n) is 4.11. The van der Waals surface area contributed by atoms with Crippen LogP contribution in [0.15, 0.2) is 12.1 Å². The quantitative estimate of drug-likeness (QED) is 0.534. The molecule has 0 saturated carbocycles. The molecule has 0 unspecified atom stereocenters. The second kappa shape index (κ2) is 9.56. The predicted molar refractivity (Wildman–Crippen MR) is 103 cm³/mol. The van der Waals surface area contributed by atoms with E-state index in [1.165, 1.54) is 16.7 Å². The van der Waals surface area contributed by atoms with Gasteiger partial charge in [0, 0.05) is 24.8 Å². The van der Waals surface area contributed by atoms with E-state index in [0.29, 0.717) is 13.2 Å². The van der Waals surface area contributed by atoms with Crippen LogP contribution >= 0.6 is 0 Å². The Balaban J connectivity index is 3.23. The predicted octanol–water partition coefficient (Wildman–Crippen LogP) is 4.21. The molecule has 4 nitrogen and oxygen atoms in total. The van der Waals surface area contributed by atoms with Crippen LogP contribution in [0.3, 0.4) is 0 Å². The van der Waals surface area contributed by atoms with Gasteiger partial charge in [0.1, 0.15) is 5.75 Å². The van der Waals surface area contributed by atoms with Gasteiger partial charge >= 0.3 is 0 Å². The molecule has 0 amide bonds. The average molecular weight is 353 g/mol. The molecule has 4 heteroatoms. The Morgan fingerprint density at radius 2 is 1.48 bits per heavy atom. The van der Waals surface area contributed by atoms with Crippen molar-refractivity contribution < 1.29 is 19.3 Å². The van der Waals surface area contributed by atoms with E-state index in [-0.39, 0.29) is 24.2 Å². The van der Waals surface area contributed by atoms with Crippen LogP contribution in [0.2, 0.25) is 0 Å². The average Bonchev–Trinajstić information content (AvgIpc) is 2.51. The molecular weight excluding hydrogens is 316 g/mol. The number of aryl methyl sites for hydroxylation is 1. The van der Waals surface area contributed by atoms with E-state index in [9.17, 15) is 5.11 Å². The van der Waals surface area contributed by atoms with Crippen LogP contribution in [0, 0.1) is 0 Å². The minimum Gasteiger partial charge on any atom is -0.467 e. The standard InChI is InChI=1S/C21H36O4/c1-20(2,3)17-13-16(9-8-10-22)14-18(21(4,5)6)19(17)25-15-24-12-11-23-7/h13-14,22H,8-12,15H2,1-7H3. The van der Waals surface area contributed by atoms with E-state index in [0.717, 1.165) is 18.6 Å². The Labute approximate surface area is 153 Å². The summed E-state index contributed by atoms with van der Waals surface area (Å²) in [6, 6.07) is 4.44. The lowest BCUT2D eigenvalue weighted by Crippen LogP contribution is -2.21. The molecule has 0 fully saturated rings. The second-order valence-electron chi connectivity index (χ2n) is 8.51. The zero-order valence-electron chi connectivity index (χ0n) is 17.1. The van der Waals surface area contributed by atoms with Gasteiger partial charge in [-0.25, -0.2) is 0 Å². The summed E-state index contributed by atoms with van der Waals surface area (Å²) in [4.78, 5) is 0. The fraction of sp³-hybridized carbons (Fsp3) is 0.714. The third kappa shape index (κ3) is 6.96. The van der Waals surface area contributed by atoms with Crippen molar-refractivity contribution in [2.24, 2.45) is 0 Å². The van der Waals surface area contributed by atoms with Crippen LogP contribution in [0.1, 0.15) is 64.7 Å². The molecule has 0 radical (unpaired) electrons. The molecule has 0 spiro atoms. The molecule has 0 aliphatic heterocycles. The van der Waals surface area contributed by atoms with Gasteiger partial charge in [-0.2, -0.15) is 0 Å². The first-order chi connectivity index (χ1) is 11.6. The first kappa shape index (κ1) is 21.9. The molecule has 0 atom stereocenters. The maximum absolute atomic E-state index is 9.18. The molecule has 0 bridgehead atoms. The maximum atomic E-state index is 9.18. The first-order valence-electron chi connectivity index (χ1n) is 9.09. The van der Waals surface area contributed by atoms with Crippen molar-refractivity contribution in [3.05, 3.63) is 28.8 Å². The molecule has 0 aromatic heterocycles. The summed E-state index contributed by atoms with van der Waals surface area (Å²) in [5.74, 6) is 0.921. The van der Waals surface area contributed by atoms with Gasteiger partial charge in [-0.15, -0.1) is 0 Å². The maximum Gasteiger partial charge on any atom is 0.189 e. The van der Waals surface area contributed by atoms with Crippen LogP contribution in [-0.2, 0) is 26.7 Å². The van der Waals surface area contributed by atoms with Gasteiger partial charge < -0.3 is 19.3 Å². The van der Waals surface area contributed by atoms with Crippen molar-refractivity contribution in [2.45, 2.75) is 65.2 Å². The zero-order valence-corrected chi connectivity index (χ0v) is 17.1. The van der Waals surface area contributed by atoms with E-state index < -0.39 is 0 Å². The van der Waals surface area contributed by atoms with Gasteiger partial charge in [0.25, 0.3) is 0 Å². The minimum absolute atomic E-state index is 0.0446. The Bertz CT molecular complexity index is 489. The summed E-state index contributed by atoms with van der Waals surface area (Å²) in [6.45, 7) is 14.7. The van der Waals surface area contributed by atoms with E-state index in [2.05, 4.69) is 53.7 Å². The summed E-state index contributed by atoms with van der Waals surface area (Å²) < 4.78 is 16.6. The van der Waals surface area contributed by atoms with Gasteiger partial charge in [0.2, 0.25) is 0 Å². The van der Waals surface area contributed by atoms with Crippen LogP contribution in [0.5, 0.6) is 5.75 Å². The van der Waals surface area contributed by atoms with Gasteiger partial charge in [-0.3, -0.25) is 0 Å². The normalized spacial score (nSPS) is 12.5. The van der Waals surface area contributed by atoms with E-state index in [1.807, 2.05) is 0 Å². The highest BCUT2D eigenvalue weighted by Gasteiger charge is 2.27. The highest BCUT2D eigenvalue weighted by Crippen LogP contribution is 2.41. The SMILES string of the molecule is COCCOCOc1c(C(C)(C)C)cc(CCCO)cc1C(C)(C)C. The van der Waals surface area contributed by atoms with Crippen molar-refractivity contribution in [3.8, 4) is 5.75 Å². The number of methoxy groups -OCH3 is 1. The number of ether oxygens (including phenoxy) is 3. The summed E-state index contributed by atoms with van der Waals surface area (Å²) in [7, 11) is 1.66. The van der Waals surface area contributed by atoms with E-state index >= 15 is 0 Å². The smallest absolute Gasteiger partial charge is 0.189 e. The molecule has 1 aromatic carbocycles. The number of hydrogen-bond acceptors (Lipinski definition) is 4. The zero-order chi connectivity index (χ0) is 19.1. The molecule has 0 heterocycles. The number of rotatable bonds is 9. The largest absolute Gasteiger partial charge is 0.467 e. The van der Waals surface area contributed by atoms with E-state index in [1.54, 1.807) is 7.11 Å². The summed E-state index contributed by atoms with van der Waals surface area (Å²) in [5, 5.41) is 9.18. The van der Waals surface area contributed by atoms with Gasteiger partial charge in [0.05, 0.1) is 13.2 Å². The summed E-state index contributed by atoms with van der Waals surface area (Å²) in [6.07, 6.45) is 1.64. The van der Waals surface area contributed by atoms with Crippen LogP contribution < -0.4 is 4.74 Å². The van der Waals surface area contributed by atoms with Gasteiger partial charge in [-0.1, -0.05) is 53.7 Å². The summed E-state index contributed by atoms with van der Waals surface area (Å²) in [5.41, 5.74) is 3.52. The highest BCUT2D eigenvalue weighted by atomic mass is 16.7. The molecule has 0 aliphatic rings. The van der Waals surface area contributed by atoms with E-state index in [4.69, 9.17) is 14.2 Å². The molecule has 0 aliphatic carbocycles. The lowest BCUT2D eigenvalue weighted by Gasteiger charge is -2.30. The second-order valence-corrected chi connectivity index (χ2v) is 8.51. The van der Waals surface area contributed by atoms with Crippen LogP contribution in [0.25, 0.3) is 0 Å². The Kier molecular flexibility index (Phi) is 8.39. The molecule has 1 rings (SSSR count). The number of aliphatic hydroxyl groups is 1. The highest BCUT2D eigenvalue weighted by molar-refractivity contribution is 5.51. The number of hydrogen-bond donors (Lipinski definition) is 1. The number of benzene rings is 1. The minimum atomic E-state index is -0.0446. The number of aliphatic hydroxyl groups excluding tert-OH is 1. The molecular formula is C21H36O4. The lowest BCUT2D eigenvalue weighted by molar-refractivity contribution is -0.00993. The Hall–Kier alpha value is -1.10. The van der Waals surface area contributed by atoms with Crippen LogP contribution in [0.4, 0.5) is 0 Å². The third-order valence-corrected chi connectivity index (χ3v) is 4.11. The fourth-order valence-corrected chi connectivity index (χ4v) is 2.69. The van der Waals surface area contributed by atoms with Crippen molar-refractivity contribution in [2.75, 3.05) is 33.7 Å². The fourth-order valence-electron chi connectivity index (χ4n) is 2.69. The van der Waals surface area contributed by atoms with Crippen LogP contribution in [-0.4, -0.2) is 38.8 Å². The van der Waals surface area contributed by atoms with Gasteiger partial charge in [0.15, 0.2) is 6.79 Å². The van der Waals surface area contributed by atoms with Gasteiger partial charge in [-0.05, 0) is 29.2 Å². The van der Waals surface area contributed by atoms with Crippen molar-refractivity contribution in [1.29, 1.82) is 0 Å². The monoisotopic (exact) mass is 352 g/mol. The molecule has 25 heavy (non-hydrogen) atoms. The first-order valence-corrected chi connectivity index (χ1v) is 9.09. The Morgan fingerprint density at radius 3 is 1.92 bits per heavy atom. The lowest BCUT2D eigenvalue weighted by atomic mass is 9.78. The molecule has 1 N–H and O–H groups in total. The molecule has 144 valence electrons. The Morgan fingerprint density at radius 1 is 0.920 bits per heavy atom. The van der Waals surface area contributed by atoms with Crippen molar-refractivity contribution in [3.63, 3.8) is 0 Å². The van der Waals surface area contributed by atoms with Crippen molar-refractivity contribution in [1.82, 2.24) is 0 Å².